The molecule has 1 N–H and O–H groups in total. The SMILES string of the molecule is CN(C)c1ccc(CN(CCc2c[nH]c3ccccc23)C(=O)CN(Cc2ccco2)C(=O)c2ccc(F)cc2)cc1. The van der Waals surface area contributed by atoms with Gasteiger partial charge in [-0.2, -0.15) is 0 Å². The van der Waals surface area contributed by atoms with Crippen molar-refractivity contribution in [2.45, 2.75) is 19.5 Å². The number of hydrogen-bond acceptors (Lipinski definition) is 4. The number of benzene rings is 3. The number of aromatic amines is 1. The van der Waals surface area contributed by atoms with Crippen LogP contribution in [-0.4, -0.2) is 53.8 Å². The molecule has 2 heterocycles. The largest absolute Gasteiger partial charge is 0.467 e. The molecule has 0 spiro atoms. The molecule has 7 nitrogen and oxygen atoms in total. The maximum absolute atomic E-state index is 13.9. The Bertz CT molecular complexity index is 1590. The molecule has 3 aromatic carbocycles. The second kappa shape index (κ2) is 12.6. The summed E-state index contributed by atoms with van der Waals surface area (Å²) in [6.45, 7) is 0.826. The number of H-pyrrole nitrogens is 1. The first-order chi connectivity index (χ1) is 19.9. The second-order valence-corrected chi connectivity index (χ2v) is 10.2. The van der Waals surface area contributed by atoms with Crippen LogP contribution in [0, 0.1) is 5.82 Å². The van der Waals surface area contributed by atoms with Gasteiger partial charge < -0.3 is 24.1 Å². The smallest absolute Gasteiger partial charge is 0.254 e. The predicted molar refractivity (Wildman–Crippen MR) is 158 cm³/mol. The van der Waals surface area contributed by atoms with Crippen LogP contribution in [0.1, 0.15) is 27.2 Å². The van der Waals surface area contributed by atoms with Crippen LogP contribution < -0.4 is 4.90 Å². The lowest BCUT2D eigenvalue weighted by Crippen LogP contribution is -2.43. The van der Waals surface area contributed by atoms with Gasteiger partial charge >= 0.3 is 0 Å². The normalized spacial score (nSPS) is 11.0. The Morgan fingerprint density at radius 2 is 1.61 bits per heavy atom. The maximum Gasteiger partial charge on any atom is 0.254 e. The van der Waals surface area contributed by atoms with Crippen LogP contribution in [0.15, 0.2) is 102 Å². The van der Waals surface area contributed by atoms with E-state index in [0.717, 1.165) is 27.7 Å². The van der Waals surface area contributed by atoms with E-state index in [0.29, 0.717) is 30.8 Å². The molecule has 0 unspecified atom stereocenters. The van der Waals surface area contributed by atoms with Crippen LogP contribution in [0.5, 0.6) is 0 Å². The first-order valence-corrected chi connectivity index (χ1v) is 13.5. The number of carbonyl (C=O) groups is 2. The summed E-state index contributed by atoms with van der Waals surface area (Å²) < 4.78 is 19.0. The van der Waals surface area contributed by atoms with Gasteiger partial charge in [0, 0.05) is 55.5 Å². The average Bonchev–Trinajstić information content (AvgIpc) is 3.65. The lowest BCUT2D eigenvalue weighted by atomic mass is 10.1. The predicted octanol–water partition coefficient (Wildman–Crippen LogP) is 5.88. The number of anilines is 1. The van der Waals surface area contributed by atoms with Crippen LogP contribution in [0.2, 0.25) is 0 Å². The number of furan rings is 1. The van der Waals surface area contributed by atoms with Crippen LogP contribution in [0.3, 0.4) is 0 Å². The van der Waals surface area contributed by atoms with E-state index in [1.807, 2.05) is 67.7 Å². The van der Waals surface area contributed by atoms with Gasteiger partial charge in [0.2, 0.25) is 5.91 Å². The van der Waals surface area contributed by atoms with Crippen molar-refractivity contribution >= 4 is 28.4 Å². The summed E-state index contributed by atoms with van der Waals surface area (Å²) >= 11 is 0. The molecule has 2 aromatic heterocycles. The van der Waals surface area contributed by atoms with Gasteiger partial charge in [0.25, 0.3) is 5.91 Å². The summed E-state index contributed by atoms with van der Waals surface area (Å²) in [5.74, 6) is -0.443. The second-order valence-electron chi connectivity index (χ2n) is 10.2. The Morgan fingerprint density at radius 1 is 0.854 bits per heavy atom. The fraction of sp³-hybridized carbons (Fsp3) is 0.212. The lowest BCUT2D eigenvalue weighted by Gasteiger charge is -2.28. The van der Waals surface area contributed by atoms with Crippen LogP contribution >= 0.6 is 0 Å². The van der Waals surface area contributed by atoms with Gasteiger partial charge in [0.15, 0.2) is 0 Å². The standard InChI is InChI=1S/C33H33FN4O3/c1-36(2)28-15-9-24(10-16-28)21-37(18-17-26-20-35-31-8-4-3-7-30(26)31)32(39)23-38(22-29-6-5-19-41-29)33(40)25-11-13-27(34)14-12-25/h3-16,19-20,35H,17-18,21-23H2,1-2H3. The summed E-state index contributed by atoms with van der Waals surface area (Å²) in [7, 11) is 3.97. The zero-order valence-electron chi connectivity index (χ0n) is 23.2. The molecular formula is C33H33FN4O3. The number of para-hydroxylation sites is 1. The average molecular weight is 553 g/mol. The Hall–Kier alpha value is -4.85. The molecule has 0 radical (unpaired) electrons. The molecule has 210 valence electrons. The first-order valence-electron chi connectivity index (χ1n) is 13.5. The van der Waals surface area contributed by atoms with Crippen molar-refractivity contribution in [3.8, 4) is 0 Å². The van der Waals surface area contributed by atoms with E-state index in [2.05, 4.69) is 11.1 Å². The van der Waals surface area contributed by atoms with Gasteiger partial charge in [-0.3, -0.25) is 9.59 Å². The van der Waals surface area contributed by atoms with Crippen LogP contribution in [0.4, 0.5) is 10.1 Å². The van der Waals surface area contributed by atoms with Crippen molar-refractivity contribution in [2.75, 3.05) is 32.1 Å². The number of carbonyl (C=O) groups excluding carboxylic acids is 2. The van der Waals surface area contributed by atoms with Crippen molar-refractivity contribution < 1.29 is 18.4 Å². The number of amides is 2. The molecular weight excluding hydrogens is 519 g/mol. The summed E-state index contributed by atoms with van der Waals surface area (Å²) in [4.78, 5) is 35.9. The van der Waals surface area contributed by atoms with E-state index < -0.39 is 5.82 Å². The molecule has 2 amide bonds. The van der Waals surface area contributed by atoms with Gasteiger partial charge in [0.1, 0.15) is 18.1 Å². The van der Waals surface area contributed by atoms with Gasteiger partial charge in [-0.15, -0.1) is 0 Å². The van der Waals surface area contributed by atoms with Gasteiger partial charge in [0.05, 0.1) is 12.8 Å². The minimum Gasteiger partial charge on any atom is -0.467 e. The molecule has 0 saturated carbocycles. The molecule has 0 saturated heterocycles. The molecule has 0 aliphatic carbocycles. The molecule has 5 aromatic rings. The van der Waals surface area contributed by atoms with Crippen LogP contribution in [-0.2, 0) is 24.3 Å². The monoisotopic (exact) mass is 552 g/mol. The fourth-order valence-corrected chi connectivity index (χ4v) is 4.83. The summed E-state index contributed by atoms with van der Waals surface area (Å²) in [6, 6.07) is 25.0. The zero-order valence-corrected chi connectivity index (χ0v) is 23.2. The Kier molecular flexibility index (Phi) is 8.48. The van der Waals surface area contributed by atoms with Crippen molar-refractivity contribution in [3.63, 3.8) is 0 Å². The van der Waals surface area contributed by atoms with E-state index in [1.54, 1.807) is 17.0 Å². The van der Waals surface area contributed by atoms with Crippen molar-refractivity contribution in [3.05, 3.63) is 126 Å². The van der Waals surface area contributed by atoms with E-state index in [4.69, 9.17) is 4.42 Å². The topological polar surface area (TPSA) is 72.8 Å². The molecule has 0 atom stereocenters. The summed E-state index contributed by atoms with van der Waals surface area (Å²) in [6.07, 6.45) is 4.17. The van der Waals surface area contributed by atoms with Crippen molar-refractivity contribution in [1.82, 2.24) is 14.8 Å². The fourth-order valence-electron chi connectivity index (χ4n) is 4.83. The molecule has 0 aliphatic heterocycles. The minimum absolute atomic E-state index is 0.114. The number of hydrogen-bond donors (Lipinski definition) is 1. The zero-order chi connectivity index (χ0) is 28.8. The third kappa shape index (κ3) is 6.84. The first kappa shape index (κ1) is 27.7. The molecule has 0 bridgehead atoms. The van der Waals surface area contributed by atoms with E-state index in [-0.39, 0.29) is 24.9 Å². The highest BCUT2D eigenvalue weighted by atomic mass is 19.1. The van der Waals surface area contributed by atoms with Crippen molar-refractivity contribution in [2.24, 2.45) is 0 Å². The number of fused-ring (bicyclic) bond motifs is 1. The highest BCUT2D eigenvalue weighted by Crippen LogP contribution is 2.20. The number of nitrogens with zero attached hydrogens (tertiary/aromatic N) is 3. The molecule has 5 rings (SSSR count). The number of rotatable bonds is 11. The van der Waals surface area contributed by atoms with Gasteiger partial charge in [-0.05, 0) is 72.1 Å². The lowest BCUT2D eigenvalue weighted by molar-refractivity contribution is -0.132. The van der Waals surface area contributed by atoms with E-state index in [1.165, 1.54) is 35.4 Å². The quantitative estimate of drug-likeness (QED) is 0.222. The number of halogens is 1. The molecule has 0 aliphatic rings. The third-order valence-electron chi connectivity index (χ3n) is 7.14. The Morgan fingerprint density at radius 3 is 2.32 bits per heavy atom. The van der Waals surface area contributed by atoms with E-state index in [9.17, 15) is 14.0 Å². The van der Waals surface area contributed by atoms with E-state index >= 15 is 0 Å². The highest BCUT2D eigenvalue weighted by Gasteiger charge is 2.24. The summed E-state index contributed by atoms with van der Waals surface area (Å²) in [5, 5.41) is 1.13. The molecule has 41 heavy (non-hydrogen) atoms. The van der Waals surface area contributed by atoms with Crippen molar-refractivity contribution in [1.29, 1.82) is 0 Å². The third-order valence-corrected chi connectivity index (χ3v) is 7.14. The van der Waals surface area contributed by atoms with Gasteiger partial charge in [-0.25, -0.2) is 4.39 Å². The Balaban J connectivity index is 1.39. The number of nitrogens with one attached hydrogen (secondary N) is 1. The minimum atomic E-state index is -0.432. The van der Waals surface area contributed by atoms with Crippen LogP contribution in [0.25, 0.3) is 10.9 Å². The highest BCUT2D eigenvalue weighted by molar-refractivity contribution is 5.96. The van der Waals surface area contributed by atoms with Gasteiger partial charge in [-0.1, -0.05) is 30.3 Å². The molecule has 0 fully saturated rings. The number of aromatic nitrogens is 1. The summed E-state index contributed by atoms with van der Waals surface area (Å²) in [5.41, 5.74) is 4.53. The Labute approximate surface area is 238 Å². The maximum atomic E-state index is 13.9. The molecule has 8 heteroatoms.